The van der Waals surface area contributed by atoms with Gasteiger partial charge in [0.05, 0.1) is 10.6 Å². The van der Waals surface area contributed by atoms with Crippen molar-refractivity contribution in [2.45, 2.75) is 12.8 Å². The van der Waals surface area contributed by atoms with Crippen molar-refractivity contribution in [2.24, 2.45) is 0 Å². The van der Waals surface area contributed by atoms with E-state index in [1.165, 1.54) is 5.57 Å². The minimum atomic E-state index is 0.0482. The third-order valence-electron chi connectivity index (χ3n) is 4.71. The summed E-state index contributed by atoms with van der Waals surface area (Å²) in [4.78, 5) is 15.5. The third kappa shape index (κ3) is 3.93. The number of benzene rings is 1. The average molecular weight is 375 g/mol. The molecule has 27 heavy (non-hydrogen) atoms. The molecule has 3 heterocycles. The molecule has 1 saturated heterocycles. The summed E-state index contributed by atoms with van der Waals surface area (Å²) in [5.41, 5.74) is 4.06. The summed E-state index contributed by atoms with van der Waals surface area (Å²) in [6, 6.07) is 14.1. The monoisotopic (exact) mass is 375 g/mol. The zero-order valence-electron chi connectivity index (χ0n) is 15.0. The standard InChI is InChI=1S/C22H21N3OS/c1-17-11-13-24(14-12-17)21(26)10-9-18-16-25(19-6-3-2-4-7-19)23-22(18)20-8-5-15-27-20/h2-10,15-16H,1,11-14H2/b10-9+. The van der Waals surface area contributed by atoms with Gasteiger partial charge in [-0.3, -0.25) is 4.79 Å². The summed E-state index contributed by atoms with van der Waals surface area (Å²) in [5, 5.41) is 6.80. The van der Waals surface area contributed by atoms with Gasteiger partial charge in [0, 0.05) is 30.9 Å². The number of likely N-dealkylation sites (tertiary alicyclic amines) is 1. The van der Waals surface area contributed by atoms with Crippen LogP contribution in [0.1, 0.15) is 18.4 Å². The third-order valence-corrected chi connectivity index (χ3v) is 5.58. The summed E-state index contributed by atoms with van der Waals surface area (Å²) in [6.45, 7) is 5.51. The molecule has 0 radical (unpaired) electrons. The topological polar surface area (TPSA) is 38.1 Å². The number of carbonyl (C=O) groups is 1. The SMILES string of the molecule is C=C1CCN(C(=O)/C=C/c2cn(-c3ccccc3)nc2-c2cccs2)CC1. The summed E-state index contributed by atoms with van der Waals surface area (Å²) in [7, 11) is 0. The van der Waals surface area contributed by atoms with Gasteiger partial charge in [0.15, 0.2) is 0 Å². The maximum atomic E-state index is 12.5. The minimum absolute atomic E-state index is 0.0482. The molecule has 0 saturated carbocycles. The molecule has 4 nitrogen and oxygen atoms in total. The summed E-state index contributed by atoms with van der Waals surface area (Å²) in [5.74, 6) is 0.0482. The Morgan fingerprint density at radius 3 is 2.59 bits per heavy atom. The number of amides is 1. The van der Waals surface area contributed by atoms with Crippen LogP contribution < -0.4 is 0 Å². The van der Waals surface area contributed by atoms with Gasteiger partial charge in [-0.1, -0.05) is 36.4 Å². The Kier molecular flexibility index (Phi) is 5.03. The van der Waals surface area contributed by atoms with E-state index >= 15 is 0 Å². The molecule has 0 spiro atoms. The Balaban J connectivity index is 1.62. The Hall–Kier alpha value is -2.92. The van der Waals surface area contributed by atoms with E-state index in [0.29, 0.717) is 0 Å². The van der Waals surface area contributed by atoms with Crippen molar-refractivity contribution in [3.63, 3.8) is 0 Å². The fraction of sp³-hybridized carbons (Fsp3) is 0.182. The van der Waals surface area contributed by atoms with Crippen LogP contribution in [0.5, 0.6) is 0 Å². The van der Waals surface area contributed by atoms with Crippen LogP contribution in [-0.2, 0) is 4.79 Å². The number of aromatic nitrogens is 2. The highest BCUT2D eigenvalue weighted by atomic mass is 32.1. The number of hydrogen-bond donors (Lipinski definition) is 0. The molecule has 0 bridgehead atoms. The van der Waals surface area contributed by atoms with E-state index in [1.54, 1.807) is 17.4 Å². The van der Waals surface area contributed by atoms with Gasteiger partial charge in [0.25, 0.3) is 0 Å². The van der Waals surface area contributed by atoms with Crippen molar-refractivity contribution in [2.75, 3.05) is 13.1 Å². The fourth-order valence-corrected chi connectivity index (χ4v) is 3.87. The first-order valence-electron chi connectivity index (χ1n) is 9.03. The van der Waals surface area contributed by atoms with E-state index in [0.717, 1.165) is 47.8 Å². The zero-order valence-corrected chi connectivity index (χ0v) is 15.9. The number of thiophene rings is 1. The molecule has 2 aromatic heterocycles. The Morgan fingerprint density at radius 1 is 1.11 bits per heavy atom. The van der Waals surface area contributed by atoms with E-state index in [1.807, 2.05) is 63.6 Å². The molecule has 1 aliphatic rings. The number of carbonyl (C=O) groups excluding carboxylic acids is 1. The zero-order chi connectivity index (χ0) is 18.6. The first-order chi connectivity index (χ1) is 13.2. The fourth-order valence-electron chi connectivity index (χ4n) is 3.14. The second kappa shape index (κ2) is 7.76. The van der Waals surface area contributed by atoms with Crippen molar-refractivity contribution in [1.29, 1.82) is 0 Å². The maximum absolute atomic E-state index is 12.5. The molecule has 0 aliphatic carbocycles. The van der Waals surface area contributed by atoms with Crippen molar-refractivity contribution in [3.8, 4) is 16.3 Å². The first kappa shape index (κ1) is 17.5. The minimum Gasteiger partial charge on any atom is -0.339 e. The van der Waals surface area contributed by atoms with E-state index in [9.17, 15) is 4.79 Å². The molecular formula is C22H21N3OS. The summed E-state index contributed by atoms with van der Waals surface area (Å²) < 4.78 is 1.87. The molecule has 136 valence electrons. The van der Waals surface area contributed by atoms with Crippen LogP contribution in [0.15, 0.2) is 72.3 Å². The maximum Gasteiger partial charge on any atom is 0.246 e. The van der Waals surface area contributed by atoms with Crippen LogP contribution in [-0.4, -0.2) is 33.7 Å². The van der Waals surface area contributed by atoms with E-state index < -0.39 is 0 Å². The summed E-state index contributed by atoms with van der Waals surface area (Å²) >= 11 is 1.65. The largest absolute Gasteiger partial charge is 0.339 e. The van der Waals surface area contributed by atoms with Gasteiger partial charge < -0.3 is 4.90 Å². The van der Waals surface area contributed by atoms with Crippen LogP contribution in [0, 0.1) is 0 Å². The lowest BCUT2D eigenvalue weighted by Crippen LogP contribution is -2.34. The van der Waals surface area contributed by atoms with Crippen LogP contribution in [0.25, 0.3) is 22.3 Å². The Bertz CT molecular complexity index is 960. The van der Waals surface area contributed by atoms with Crippen LogP contribution in [0.3, 0.4) is 0 Å². The second-order valence-electron chi connectivity index (χ2n) is 6.60. The number of piperidine rings is 1. The highest BCUT2D eigenvalue weighted by Crippen LogP contribution is 2.28. The van der Waals surface area contributed by atoms with Gasteiger partial charge in [-0.15, -0.1) is 11.3 Å². The number of hydrogen-bond acceptors (Lipinski definition) is 3. The van der Waals surface area contributed by atoms with E-state index in [-0.39, 0.29) is 5.91 Å². The second-order valence-corrected chi connectivity index (χ2v) is 7.55. The molecule has 0 N–H and O–H groups in total. The van der Waals surface area contributed by atoms with Crippen molar-refractivity contribution >= 4 is 23.3 Å². The predicted octanol–water partition coefficient (Wildman–Crippen LogP) is 4.79. The van der Waals surface area contributed by atoms with Crippen LogP contribution in [0.4, 0.5) is 0 Å². The molecule has 1 fully saturated rings. The highest BCUT2D eigenvalue weighted by molar-refractivity contribution is 7.13. The summed E-state index contributed by atoms with van der Waals surface area (Å²) in [6.07, 6.45) is 7.31. The van der Waals surface area contributed by atoms with Gasteiger partial charge in [-0.05, 0) is 42.5 Å². The van der Waals surface area contributed by atoms with Crippen molar-refractivity contribution in [3.05, 3.63) is 77.8 Å². The number of nitrogens with zero attached hydrogens (tertiary/aromatic N) is 3. The van der Waals surface area contributed by atoms with Crippen LogP contribution >= 0.6 is 11.3 Å². The molecule has 0 unspecified atom stereocenters. The lowest BCUT2D eigenvalue weighted by atomic mass is 10.1. The van der Waals surface area contributed by atoms with Gasteiger partial charge in [-0.25, -0.2) is 4.68 Å². The van der Waals surface area contributed by atoms with Crippen LogP contribution in [0.2, 0.25) is 0 Å². The number of para-hydroxylation sites is 1. The van der Waals surface area contributed by atoms with Gasteiger partial charge >= 0.3 is 0 Å². The molecule has 1 amide bonds. The lowest BCUT2D eigenvalue weighted by molar-refractivity contribution is -0.126. The van der Waals surface area contributed by atoms with Gasteiger partial charge in [0.2, 0.25) is 5.91 Å². The molecule has 1 aliphatic heterocycles. The molecule has 5 heteroatoms. The quantitative estimate of drug-likeness (QED) is 0.486. The lowest BCUT2D eigenvalue weighted by Gasteiger charge is -2.26. The number of rotatable bonds is 4. The van der Waals surface area contributed by atoms with E-state index in [2.05, 4.69) is 12.6 Å². The van der Waals surface area contributed by atoms with Crippen molar-refractivity contribution < 1.29 is 4.79 Å². The Labute approximate surface area is 163 Å². The molecule has 4 rings (SSSR count). The predicted molar refractivity (Wildman–Crippen MR) is 111 cm³/mol. The van der Waals surface area contributed by atoms with Crippen molar-refractivity contribution in [1.82, 2.24) is 14.7 Å². The molecule has 3 aromatic rings. The smallest absolute Gasteiger partial charge is 0.246 e. The van der Waals surface area contributed by atoms with Gasteiger partial charge in [-0.2, -0.15) is 5.10 Å². The average Bonchev–Trinajstić information content (AvgIpc) is 3.37. The molecular weight excluding hydrogens is 354 g/mol. The highest BCUT2D eigenvalue weighted by Gasteiger charge is 2.17. The Morgan fingerprint density at radius 2 is 1.89 bits per heavy atom. The molecule has 0 atom stereocenters. The first-order valence-corrected chi connectivity index (χ1v) is 9.91. The van der Waals surface area contributed by atoms with E-state index in [4.69, 9.17) is 5.10 Å². The molecule has 1 aromatic carbocycles. The normalized spacial score (nSPS) is 14.8. The van der Waals surface area contributed by atoms with Gasteiger partial charge in [0.1, 0.15) is 5.69 Å².